The number of hydrogen-bond acceptors (Lipinski definition) is 5. The first-order valence-corrected chi connectivity index (χ1v) is 9.27. The molecule has 0 saturated heterocycles. The molecule has 0 atom stereocenters. The number of pyridine rings is 2. The molecular formula is C16H11F2N3O2S2. The Morgan fingerprint density at radius 1 is 0.880 bits per heavy atom. The maximum absolute atomic E-state index is 13.3. The summed E-state index contributed by atoms with van der Waals surface area (Å²) in [4.78, 5) is 7.92. The van der Waals surface area contributed by atoms with E-state index in [0.717, 1.165) is 12.1 Å². The van der Waals surface area contributed by atoms with Gasteiger partial charge in [0.15, 0.2) is 11.6 Å². The third-order valence-electron chi connectivity index (χ3n) is 3.04. The van der Waals surface area contributed by atoms with E-state index in [1.807, 2.05) is 6.07 Å². The highest BCUT2D eigenvalue weighted by molar-refractivity contribution is 7.99. The molecule has 3 aromatic rings. The lowest BCUT2D eigenvalue weighted by atomic mass is 10.3. The molecule has 0 aliphatic rings. The van der Waals surface area contributed by atoms with Gasteiger partial charge in [-0.25, -0.2) is 27.2 Å². The fraction of sp³-hybridized carbons (Fsp3) is 0. The molecule has 1 N–H and O–H groups in total. The zero-order valence-electron chi connectivity index (χ0n) is 12.6. The summed E-state index contributed by atoms with van der Waals surface area (Å²) in [6.45, 7) is 0. The van der Waals surface area contributed by atoms with Crippen LogP contribution < -0.4 is 4.72 Å². The van der Waals surface area contributed by atoms with Gasteiger partial charge in [-0.15, -0.1) is 0 Å². The van der Waals surface area contributed by atoms with Crippen molar-refractivity contribution in [1.29, 1.82) is 0 Å². The Balaban J connectivity index is 1.82. The number of sulfonamides is 1. The summed E-state index contributed by atoms with van der Waals surface area (Å²) in [5.41, 5.74) is 0.248. The zero-order valence-corrected chi connectivity index (χ0v) is 14.2. The molecule has 0 aliphatic heterocycles. The Morgan fingerprint density at radius 2 is 1.68 bits per heavy atom. The van der Waals surface area contributed by atoms with Crippen molar-refractivity contribution in [3.05, 3.63) is 72.6 Å². The molecule has 5 nitrogen and oxygen atoms in total. The first-order chi connectivity index (χ1) is 11.9. The Bertz CT molecular complexity index is 999. The number of halogens is 2. The summed E-state index contributed by atoms with van der Waals surface area (Å²) in [6.07, 6.45) is 3.08. The number of aromatic nitrogens is 2. The third-order valence-corrected chi connectivity index (χ3v) is 5.30. The quantitative estimate of drug-likeness (QED) is 0.732. The lowest BCUT2D eigenvalue weighted by Gasteiger charge is -2.09. The van der Waals surface area contributed by atoms with Gasteiger partial charge in [-0.1, -0.05) is 17.8 Å². The standard InChI is InChI=1S/C16H11F2N3O2S2/c17-13-5-4-12(10-14(13)18)25(22,23)21-11-6-8-20-16(9-11)24-15-3-1-2-7-19-15/h1-10H,(H,20,21). The van der Waals surface area contributed by atoms with Crippen LogP contribution in [0.2, 0.25) is 0 Å². The molecule has 3 rings (SSSR count). The van der Waals surface area contributed by atoms with Crippen LogP contribution in [0.4, 0.5) is 14.5 Å². The van der Waals surface area contributed by atoms with Gasteiger partial charge in [0, 0.05) is 12.4 Å². The van der Waals surface area contributed by atoms with E-state index in [0.29, 0.717) is 16.1 Å². The van der Waals surface area contributed by atoms with Crippen LogP contribution in [0.3, 0.4) is 0 Å². The summed E-state index contributed by atoms with van der Waals surface area (Å²) >= 11 is 1.26. The Morgan fingerprint density at radius 3 is 2.40 bits per heavy atom. The second-order valence-electron chi connectivity index (χ2n) is 4.83. The van der Waals surface area contributed by atoms with E-state index in [4.69, 9.17) is 0 Å². The number of anilines is 1. The fourth-order valence-electron chi connectivity index (χ4n) is 1.90. The highest BCUT2D eigenvalue weighted by Gasteiger charge is 2.17. The Labute approximate surface area is 147 Å². The zero-order chi connectivity index (χ0) is 17.9. The van der Waals surface area contributed by atoms with Crippen LogP contribution in [0, 0.1) is 11.6 Å². The second-order valence-corrected chi connectivity index (χ2v) is 7.56. The smallest absolute Gasteiger partial charge is 0.262 e. The van der Waals surface area contributed by atoms with Gasteiger partial charge in [0.25, 0.3) is 10.0 Å². The maximum atomic E-state index is 13.3. The van der Waals surface area contributed by atoms with Gasteiger partial charge in [-0.2, -0.15) is 0 Å². The number of hydrogen-bond donors (Lipinski definition) is 1. The number of nitrogens with one attached hydrogen (secondary N) is 1. The summed E-state index contributed by atoms with van der Waals surface area (Å²) in [6, 6.07) is 10.8. The minimum absolute atomic E-state index is 0.248. The van der Waals surface area contributed by atoms with E-state index < -0.39 is 21.7 Å². The topological polar surface area (TPSA) is 72.0 Å². The molecule has 0 amide bonds. The molecule has 0 saturated carbocycles. The number of nitrogens with zero attached hydrogens (tertiary/aromatic N) is 2. The van der Waals surface area contributed by atoms with Crippen LogP contribution in [-0.2, 0) is 10.0 Å². The van der Waals surface area contributed by atoms with Gasteiger partial charge in [-0.05, 0) is 42.5 Å². The van der Waals surface area contributed by atoms with E-state index in [2.05, 4.69) is 14.7 Å². The molecule has 128 valence electrons. The van der Waals surface area contributed by atoms with Crippen molar-refractivity contribution in [2.75, 3.05) is 4.72 Å². The molecule has 9 heteroatoms. The largest absolute Gasteiger partial charge is 0.279 e. The predicted molar refractivity (Wildman–Crippen MR) is 89.8 cm³/mol. The number of benzene rings is 1. The van der Waals surface area contributed by atoms with Crippen LogP contribution in [0.25, 0.3) is 0 Å². The maximum Gasteiger partial charge on any atom is 0.262 e. The fourth-order valence-corrected chi connectivity index (χ4v) is 3.74. The lowest BCUT2D eigenvalue weighted by Crippen LogP contribution is -2.13. The average molecular weight is 379 g/mol. The van der Waals surface area contributed by atoms with Crippen LogP contribution in [0.15, 0.2) is 75.9 Å². The molecule has 2 aromatic heterocycles. The van der Waals surface area contributed by atoms with Crippen molar-refractivity contribution in [3.8, 4) is 0 Å². The van der Waals surface area contributed by atoms with E-state index >= 15 is 0 Å². The molecule has 0 spiro atoms. The van der Waals surface area contributed by atoms with E-state index in [1.54, 1.807) is 18.3 Å². The summed E-state index contributed by atoms with van der Waals surface area (Å²) in [7, 11) is -4.05. The molecule has 0 unspecified atom stereocenters. The molecular weight excluding hydrogens is 368 g/mol. The minimum atomic E-state index is -4.05. The molecule has 25 heavy (non-hydrogen) atoms. The Hall–Kier alpha value is -2.52. The van der Waals surface area contributed by atoms with Crippen molar-refractivity contribution in [2.45, 2.75) is 14.9 Å². The van der Waals surface area contributed by atoms with Gasteiger partial charge in [-0.3, -0.25) is 4.72 Å². The van der Waals surface area contributed by atoms with E-state index in [1.165, 1.54) is 30.1 Å². The van der Waals surface area contributed by atoms with Crippen LogP contribution in [0.1, 0.15) is 0 Å². The van der Waals surface area contributed by atoms with Gasteiger partial charge in [0.1, 0.15) is 10.1 Å². The minimum Gasteiger partial charge on any atom is -0.279 e. The monoisotopic (exact) mass is 379 g/mol. The molecule has 2 heterocycles. The average Bonchev–Trinajstić information content (AvgIpc) is 2.58. The first kappa shape index (κ1) is 17.3. The third kappa shape index (κ3) is 4.31. The van der Waals surface area contributed by atoms with Gasteiger partial charge >= 0.3 is 0 Å². The van der Waals surface area contributed by atoms with E-state index in [-0.39, 0.29) is 10.6 Å². The molecule has 0 radical (unpaired) electrons. The van der Waals surface area contributed by atoms with Crippen LogP contribution in [-0.4, -0.2) is 18.4 Å². The van der Waals surface area contributed by atoms with Gasteiger partial charge in [0.05, 0.1) is 10.6 Å². The van der Waals surface area contributed by atoms with Crippen LogP contribution in [0.5, 0.6) is 0 Å². The van der Waals surface area contributed by atoms with Crippen molar-refractivity contribution in [2.24, 2.45) is 0 Å². The molecule has 0 fully saturated rings. The molecule has 1 aromatic carbocycles. The first-order valence-electron chi connectivity index (χ1n) is 6.97. The van der Waals surface area contributed by atoms with Crippen molar-refractivity contribution >= 4 is 27.5 Å². The van der Waals surface area contributed by atoms with Crippen molar-refractivity contribution in [3.63, 3.8) is 0 Å². The highest BCUT2D eigenvalue weighted by Crippen LogP contribution is 2.26. The van der Waals surface area contributed by atoms with E-state index in [9.17, 15) is 17.2 Å². The van der Waals surface area contributed by atoms with Crippen molar-refractivity contribution < 1.29 is 17.2 Å². The lowest BCUT2D eigenvalue weighted by molar-refractivity contribution is 0.504. The predicted octanol–water partition coefficient (Wildman–Crippen LogP) is 3.71. The normalized spacial score (nSPS) is 11.3. The summed E-state index contributed by atoms with van der Waals surface area (Å²) < 4.78 is 53.1. The highest BCUT2D eigenvalue weighted by atomic mass is 32.2. The summed E-state index contributed by atoms with van der Waals surface area (Å²) in [5.74, 6) is -2.35. The SMILES string of the molecule is O=S(=O)(Nc1ccnc(Sc2ccccn2)c1)c1ccc(F)c(F)c1. The summed E-state index contributed by atoms with van der Waals surface area (Å²) in [5, 5.41) is 1.24. The molecule has 0 aliphatic carbocycles. The van der Waals surface area contributed by atoms with Gasteiger partial charge in [0.2, 0.25) is 0 Å². The van der Waals surface area contributed by atoms with Crippen molar-refractivity contribution in [1.82, 2.24) is 9.97 Å². The Kier molecular flexibility index (Phi) is 4.95. The second kappa shape index (κ2) is 7.16. The molecule has 0 bridgehead atoms. The number of rotatable bonds is 5. The van der Waals surface area contributed by atoms with Crippen LogP contribution >= 0.6 is 11.8 Å². The van der Waals surface area contributed by atoms with Gasteiger partial charge < -0.3 is 0 Å².